The Labute approximate surface area is 155 Å². The molecule has 2 aliphatic heterocycles. The Morgan fingerprint density at radius 1 is 1.27 bits per heavy atom. The number of hydrogen-bond donors (Lipinski definition) is 1. The molecular formula is C20H29N3O3. The van der Waals surface area contributed by atoms with Crippen molar-refractivity contribution >= 4 is 11.8 Å². The van der Waals surface area contributed by atoms with Crippen LogP contribution in [0.1, 0.15) is 30.0 Å². The molecule has 0 aromatic heterocycles. The molecule has 0 spiro atoms. The van der Waals surface area contributed by atoms with Gasteiger partial charge < -0.3 is 19.9 Å². The van der Waals surface area contributed by atoms with Crippen LogP contribution in [0.2, 0.25) is 0 Å². The van der Waals surface area contributed by atoms with Gasteiger partial charge in [-0.25, -0.2) is 0 Å². The maximum Gasteiger partial charge on any atom is 0.254 e. The van der Waals surface area contributed by atoms with Gasteiger partial charge in [-0.2, -0.15) is 0 Å². The fourth-order valence-electron chi connectivity index (χ4n) is 4.04. The lowest BCUT2D eigenvalue weighted by molar-refractivity contribution is -0.168. The monoisotopic (exact) mass is 359 g/mol. The van der Waals surface area contributed by atoms with Crippen LogP contribution in [0.4, 0.5) is 0 Å². The number of likely N-dealkylation sites (tertiary alicyclic amines) is 1. The minimum absolute atomic E-state index is 0.000473. The fourth-order valence-corrected chi connectivity index (χ4v) is 4.04. The van der Waals surface area contributed by atoms with Crippen LogP contribution in [-0.2, 0) is 14.3 Å². The minimum Gasteiger partial charge on any atom is -0.356 e. The van der Waals surface area contributed by atoms with Gasteiger partial charge in [0.1, 0.15) is 6.61 Å². The number of morpholine rings is 1. The molecule has 0 unspecified atom stereocenters. The highest BCUT2D eigenvalue weighted by Gasteiger charge is 2.42. The van der Waals surface area contributed by atoms with E-state index in [9.17, 15) is 9.59 Å². The molecule has 2 fully saturated rings. The van der Waals surface area contributed by atoms with Crippen LogP contribution >= 0.6 is 0 Å². The van der Waals surface area contributed by atoms with E-state index < -0.39 is 6.10 Å². The zero-order chi connectivity index (χ0) is 18.7. The van der Waals surface area contributed by atoms with E-state index in [0.29, 0.717) is 5.92 Å². The number of amides is 2. The van der Waals surface area contributed by atoms with Crippen molar-refractivity contribution in [3.05, 3.63) is 35.4 Å². The molecule has 2 atom stereocenters. The van der Waals surface area contributed by atoms with Crippen LogP contribution in [0.3, 0.4) is 0 Å². The number of nitrogens with one attached hydrogen (secondary N) is 1. The number of rotatable bonds is 4. The SMILES string of the molecule is CNCC1CCN(C(=O)[C@H]2OCC(=O)N(C)[C@@H]2c2ccccc2C)CC1. The second kappa shape index (κ2) is 8.18. The highest BCUT2D eigenvalue weighted by atomic mass is 16.5. The van der Waals surface area contributed by atoms with E-state index in [1.165, 1.54) is 0 Å². The first kappa shape index (κ1) is 18.9. The molecule has 26 heavy (non-hydrogen) atoms. The fraction of sp³-hybridized carbons (Fsp3) is 0.600. The predicted octanol–water partition coefficient (Wildman–Crippen LogP) is 1.35. The summed E-state index contributed by atoms with van der Waals surface area (Å²) in [5, 5.41) is 3.22. The summed E-state index contributed by atoms with van der Waals surface area (Å²) in [5.74, 6) is 0.531. The number of hydrogen-bond acceptors (Lipinski definition) is 4. The third-order valence-corrected chi connectivity index (χ3v) is 5.65. The van der Waals surface area contributed by atoms with E-state index >= 15 is 0 Å². The second-order valence-electron chi connectivity index (χ2n) is 7.36. The molecule has 0 radical (unpaired) electrons. The van der Waals surface area contributed by atoms with E-state index in [2.05, 4.69) is 5.32 Å². The lowest BCUT2D eigenvalue weighted by Crippen LogP contribution is -2.55. The van der Waals surface area contributed by atoms with Crippen LogP contribution in [0.15, 0.2) is 24.3 Å². The Balaban J connectivity index is 1.79. The third kappa shape index (κ3) is 3.76. The molecule has 1 aromatic carbocycles. The molecular weight excluding hydrogens is 330 g/mol. The van der Waals surface area contributed by atoms with Gasteiger partial charge in [-0.1, -0.05) is 24.3 Å². The van der Waals surface area contributed by atoms with Gasteiger partial charge in [0.2, 0.25) is 5.91 Å². The smallest absolute Gasteiger partial charge is 0.254 e. The van der Waals surface area contributed by atoms with Gasteiger partial charge in [0.25, 0.3) is 5.91 Å². The van der Waals surface area contributed by atoms with E-state index in [-0.39, 0.29) is 24.5 Å². The number of nitrogens with zero attached hydrogens (tertiary/aromatic N) is 2. The van der Waals surface area contributed by atoms with Crippen LogP contribution in [-0.4, -0.2) is 68.1 Å². The van der Waals surface area contributed by atoms with Crippen molar-refractivity contribution in [1.29, 1.82) is 0 Å². The number of aryl methyl sites for hydroxylation is 1. The van der Waals surface area contributed by atoms with Gasteiger partial charge in [-0.15, -0.1) is 0 Å². The zero-order valence-corrected chi connectivity index (χ0v) is 15.9. The molecule has 0 bridgehead atoms. The molecule has 2 aliphatic rings. The quantitative estimate of drug-likeness (QED) is 0.882. The number of benzene rings is 1. The summed E-state index contributed by atoms with van der Waals surface area (Å²) < 4.78 is 5.78. The van der Waals surface area contributed by atoms with Crippen molar-refractivity contribution in [2.45, 2.75) is 31.9 Å². The van der Waals surface area contributed by atoms with Crippen LogP contribution in [0, 0.1) is 12.8 Å². The average Bonchev–Trinajstić information content (AvgIpc) is 2.65. The molecule has 6 nitrogen and oxygen atoms in total. The molecule has 0 aliphatic carbocycles. The molecule has 3 rings (SSSR count). The maximum absolute atomic E-state index is 13.2. The first-order valence-corrected chi connectivity index (χ1v) is 9.39. The Morgan fingerprint density at radius 3 is 2.62 bits per heavy atom. The lowest BCUT2D eigenvalue weighted by Gasteiger charge is -2.42. The number of ether oxygens (including phenoxy) is 1. The Hall–Kier alpha value is -1.92. The van der Waals surface area contributed by atoms with E-state index in [0.717, 1.165) is 43.6 Å². The largest absolute Gasteiger partial charge is 0.356 e. The molecule has 2 saturated heterocycles. The van der Waals surface area contributed by atoms with Crippen molar-refractivity contribution in [2.75, 3.05) is 40.3 Å². The van der Waals surface area contributed by atoms with Gasteiger partial charge in [0.15, 0.2) is 6.10 Å². The summed E-state index contributed by atoms with van der Waals surface area (Å²) >= 11 is 0. The van der Waals surface area contributed by atoms with Crippen molar-refractivity contribution in [3.8, 4) is 0 Å². The highest BCUT2D eigenvalue weighted by molar-refractivity contribution is 5.86. The van der Waals surface area contributed by atoms with E-state index in [1.54, 1.807) is 11.9 Å². The van der Waals surface area contributed by atoms with Crippen molar-refractivity contribution in [3.63, 3.8) is 0 Å². The minimum atomic E-state index is -0.639. The third-order valence-electron chi connectivity index (χ3n) is 5.65. The molecule has 6 heteroatoms. The summed E-state index contributed by atoms with van der Waals surface area (Å²) in [4.78, 5) is 29.0. The highest BCUT2D eigenvalue weighted by Crippen LogP contribution is 2.32. The molecule has 142 valence electrons. The normalized spacial score (nSPS) is 24.8. The lowest BCUT2D eigenvalue weighted by atomic mass is 9.92. The summed E-state index contributed by atoms with van der Waals surface area (Å²) in [6.07, 6.45) is 1.37. The van der Waals surface area contributed by atoms with E-state index in [1.807, 2.05) is 43.1 Å². The molecule has 1 aromatic rings. The number of carbonyl (C=O) groups is 2. The van der Waals surface area contributed by atoms with Crippen LogP contribution < -0.4 is 5.32 Å². The standard InChI is InChI=1S/C20H29N3O3/c1-14-6-4-5-7-16(14)18-19(26-13-17(24)22(18)3)20(25)23-10-8-15(9-11-23)12-21-2/h4-7,15,18-19,21H,8-13H2,1-3H3/t18-,19+/m1/s1. The number of piperidine rings is 1. The second-order valence-corrected chi connectivity index (χ2v) is 7.36. The molecule has 2 heterocycles. The number of likely N-dealkylation sites (N-methyl/N-ethyl adjacent to an activating group) is 1. The molecule has 1 N–H and O–H groups in total. The van der Waals surface area contributed by atoms with Gasteiger partial charge in [-0.3, -0.25) is 9.59 Å². The first-order valence-electron chi connectivity index (χ1n) is 9.39. The van der Waals surface area contributed by atoms with Crippen LogP contribution in [0.25, 0.3) is 0 Å². The maximum atomic E-state index is 13.2. The van der Waals surface area contributed by atoms with E-state index in [4.69, 9.17) is 4.74 Å². The summed E-state index contributed by atoms with van der Waals surface area (Å²) in [6, 6.07) is 7.53. The molecule has 2 amide bonds. The van der Waals surface area contributed by atoms with Gasteiger partial charge in [-0.05, 0) is 50.4 Å². The number of carbonyl (C=O) groups excluding carboxylic acids is 2. The summed E-state index contributed by atoms with van der Waals surface area (Å²) in [5.41, 5.74) is 2.04. The van der Waals surface area contributed by atoms with Crippen LogP contribution in [0.5, 0.6) is 0 Å². The Bertz CT molecular complexity index is 655. The first-order chi connectivity index (χ1) is 12.5. The Morgan fingerprint density at radius 2 is 1.96 bits per heavy atom. The molecule has 0 saturated carbocycles. The Kier molecular flexibility index (Phi) is 5.94. The topological polar surface area (TPSA) is 61.9 Å². The predicted molar refractivity (Wildman–Crippen MR) is 99.7 cm³/mol. The van der Waals surface area contributed by atoms with Gasteiger partial charge in [0, 0.05) is 20.1 Å². The summed E-state index contributed by atoms with van der Waals surface area (Å²) in [6.45, 7) is 4.47. The average molecular weight is 359 g/mol. The van der Waals surface area contributed by atoms with Gasteiger partial charge >= 0.3 is 0 Å². The zero-order valence-electron chi connectivity index (χ0n) is 15.9. The van der Waals surface area contributed by atoms with Crippen molar-refractivity contribution in [1.82, 2.24) is 15.1 Å². The van der Waals surface area contributed by atoms with Crippen molar-refractivity contribution in [2.24, 2.45) is 5.92 Å². The van der Waals surface area contributed by atoms with Crippen molar-refractivity contribution < 1.29 is 14.3 Å². The summed E-state index contributed by atoms with van der Waals surface area (Å²) in [7, 11) is 3.73. The van der Waals surface area contributed by atoms with Gasteiger partial charge in [0.05, 0.1) is 6.04 Å².